The standard InChI is InChI=1S/C22H23FN6O2/c1-13(2)15-5-4-6-17(9-15)28-12-16(10-21(28)30)22(31)24-20-11-18(7-8-19(20)23)29-14(3)25-26-27-29/h4-9,11,13,16H,10,12H2,1-3H3,(H,24,31). The largest absolute Gasteiger partial charge is 0.323 e. The molecule has 31 heavy (non-hydrogen) atoms. The van der Waals surface area contributed by atoms with E-state index in [4.69, 9.17) is 0 Å². The van der Waals surface area contributed by atoms with Gasteiger partial charge in [0.25, 0.3) is 0 Å². The van der Waals surface area contributed by atoms with Crippen LogP contribution in [0.25, 0.3) is 5.69 Å². The van der Waals surface area contributed by atoms with E-state index in [1.54, 1.807) is 11.8 Å². The van der Waals surface area contributed by atoms with Crippen LogP contribution in [0.3, 0.4) is 0 Å². The highest BCUT2D eigenvalue weighted by atomic mass is 19.1. The summed E-state index contributed by atoms with van der Waals surface area (Å²) in [4.78, 5) is 27.0. The Hall–Kier alpha value is -3.62. The molecule has 1 saturated heterocycles. The minimum absolute atomic E-state index is 0.0186. The lowest BCUT2D eigenvalue weighted by Crippen LogP contribution is -2.28. The Morgan fingerprint density at radius 3 is 2.71 bits per heavy atom. The number of nitrogens with one attached hydrogen (secondary N) is 1. The molecule has 1 fully saturated rings. The number of amides is 2. The Morgan fingerprint density at radius 2 is 2.00 bits per heavy atom. The van der Waals surface area contributed by atoms with Gasteiger partial charge in [-0.2, -0.15) is 4.68 Å². The molecule has 8 nitrogen and oxygen atoms in total. The van der Waals surface area contributed by atoms with Crippen molar-refractivity contribution >= 4 is 23.2 Å². The number of hydrogen-bond donors (Lipinski definition) is 1. The number of nitrogens with zero attached hydrogens (tertiary/aromatic N) is 5. The number of benzene rings is 2. The minimum atomic E-state index is -0.576. The number of aryl methyl sites for hydroxylation is 1. The third-order valence-corrected chi connectivity index (χ3v) is 5.42. The first-order chi connectivity index (χ1) is 14.8. The van der Waals surface area contributed by atoms with Gasteiger partial charge in [0.2, 0.25) is 11.8 Å². The summed E-state index contributed by atoms with van der Waals surface area (Å²) in [6, 6.07) is 12.0. The first-order valence-corrected chi connectivity index (χ1v) is 10.1. The number of rotatable bonds is 5. The highest BCUT2D eigenvalue weighted by molar-refractivity contribution is 6.03. The number of carbonyl (C=O) groups is 2. The summed E-state index contributed by atoms with van der Waals surface area (Å²) in [6.45, 7) is 6.13. The van der Waals surface area contributed by atoms with Crippen molar-refractivity contribution in [3.05, 3.63) is 59.7 Å². The summed E-state index contributed by atoms with van der Waals surface area (Å²) in [7, 11) is 0. The van der Waals surface area contributed by atoms with Crippen LogP contribution in [0.5, 0.6) is 0 Å². The van der Waals surface area contributed by atoms with Gasteiger partial charge in [0, 0.05) is 18.7 Å². The molecule has 0 bridgehead atoms. The second-order valence-electron chi connectivity index (χ2n) is 7.95. The molecule has 2 amide bonds. The minimum Gasteiger partial charge on any atom is -0.323 e. The number of tetrazole rings is 1. The van der Waals surface area contributed by atoms with Crippen molar-refractivity contribution in [3.63, 3.8) is 0 Å². The van der Waals surface area contributed by atoms with Crippen LogP contribution in [0, 0.1) is 18.7 Å². The molecule has 1 aliphatic heterocycles. The lowest BCUT2D eigenvalue weighted by atomic mass is 10.0. The van der Waals surface area contributed by atoms with E-state index < -0.39 is 17.6 Å². The maximum absolute atomic E-state index is 14.3. The molecule has 0 aliphatic carbocycles. The van der Waals surface area contributed by atoms with Crippen LogP contribution in [0.15, 0.2) is 42.5 Å². The van der Waals surface area contributed by atoms with Crippen molar-refractivity contribution in [2.75, 3.05) is 16.8 Å². The highest BCUT2D eigenvalue weighted by Crippen LogP contribution is 2.29. The van der Waals surface area contributed by atoms with Crippen LogP contribution in [0.4, 0.5) is 15.8 Å². The molecule has 0 saturated carbocycles. The summed E-state index contributed by atoms with van der Waals surface area (Å²) in [5, 5.41) is 13.9. The first kappa shape index (κ1) is 20.6. The lowest BCUT2D eigenvalue weighted by Gasteiger charge is -2.18. The molecule has 2 aromatic carbocycles. The second kappa shape index (κ2) is 8.25. The summed E-state index contributed by atoms with van der Waals surface area (Å²) >= 11 is 0. The maximum atomic E-state index is 14.3. The van der Waals surface area contributed by atoms with Gasteiger partial charge in [-0.25, -0.2) is 4.39 Å². The molecule has 160 valence electrons. The average Bonchev–Trinajstić information content (AvgIpc) is 3.35. The fourth-order valence-corrected chi connectivity index (χ4v) is 3.63. The zero-order chi connectivity index (χ0) is 22.1. The Labute approximate surface area is 179 Å². The van der Waals surface area contributed by atoms with Gasteiger partial charge in [0.15, 0.2) is 5.82 Å². The quantitative estimate of drug-likeness (QED) is 0.682. The summed E-state index contributed by atoms with van der Waals surface area (Å²) in [5.41, 5.74) is 2.43. The number of carbonyl (C=O) groups excluding carboxylic acids is 2. The van der Waals surface area contributed by atoms with Crippen molar-refractivity contribution in [2.45, 2.75) is 33.1 Å². The van der Waals surface area contributed by atoms with Gasteiger partial charge in [-0.3, -0.25) is 9.59 Å². The van der Waals surface area contributed by atoms with E-state index in [1.807, 2.05) is 24.3 Å². The molecule has 1 aromatic heterocycles. The molecular formula is C22H23FN6O2. The normalized spacial score (nSPS) is 16.2. The van der Waals surface area contributed by atoms with E-state index in [0.717, 1.165) is 11.3 Å². The summed E-state index contributed by atoms with van der Waals surface area (Å²) in [5.74, 6) is -0.818. The van der Waals surface area contributed by atoms with E-state index in [1.165, 1.54) is 22.9 Å². The van der Waals surface area contributed by atoms with Gasteiger partial charge in [0.1, 0.15) is 5.82 Å². The fourth-order valence-electron chi connectivity index (χ4n) is 3.63. The highest BCUT2D eigenvalue weighted by Gasteiger charge is 2.35. The molecular weight excluding hydrogens is 399 g/mol. The number of halogens is 1. The molecule has 1 unspecified atom stereocenters. The van der Waals surface area contributed by atoms with E-state index in [0.29, 0.717) is 17.4 Å². The Bertz CT molecular complexity index is 1140. The van der Waals surface area contributed by atoms with Crippen molar-refractivity contribution in [2.24, 2.45) is 5.92 Å². The summed E-state index contributed by atoms with van der Waals surface area (Å²) in [6.07, 6.45) is 0.0746. The van der Waals surface area contributed by atoms with Crippen LogP contribution < -0.4 is 10.2 Å². The Balaban J connectivity index is 1.51. The molecule has 1 atom stereocenters. The molecule has 1 aliphatic rings. The fraction of sp³-hybridized carbons (Fsp3) is 0.318. The predicted octanol–water partition coefficient (Wildman–Crippen LogP) is 3.22. The first-order valence-electron chi connectivity index (χ1n) is 10.1. The molecule has 3 aromatic rings. The van der Waals surface area contributed by atoms with E-state index in [9.17, 15) is 14.0 Å². The number of anilines is 2. The third-order valence-electron chi connectivity index (χ3n) is 5.42. The maximum Gasteiger partial charge on any atom is 0.229 e. The van der Waals surface area contributed by atoms with E-state index in [-0.39, 0.29) is 24.6 Å². The SMILES string of the molecule is Cc1nnnn1-c1ccc(F)c(NC(=O)C2CC(=O)N(c3cccc(C(C)C)c3)C2)c1. The number of aromatic nitrogens is 4. The second-order valence-corrected chi connectivity index (χ2v) is 7.95. The lowest BCUT2D eigenvalue weighted by molar-refractivity contribution is -0.122. The van der Waals surface area contributed by atoms with Crippen molar-refractivity contribution in [3.8, 4) is 5.69 Å². The van der Waals surface area contributed by atoms with Crippen LogP contribution in [-0.4, -0.2) is 38.6 Å². The third kappa shape index (κ3) is 4.16. The molecule has 0 spiro atoms. The van der Waals surface area contributed by atoms with Gasteiger partial charge in [-0.15, -0.1) is 5.10 Å². The smallest absolute Gasteiger partial charge is 0.229 e. The van der Waals surface area contributed by atoms with Crippen molar-refractivity contribution in [1.82, 2.24) is 20.2 Å². The van der Waals surface area contributed by atoms with Gasteiger partial charge < -0.3 is 10.2 Å². The van der Waals surface area contributed by atoms with Crippen LogP contribution >= 0.6 is 0 Å². The number of hydrogen-bond acceptors (Lipinski definition) is 5. The average molecular weight is 422 g/mol. The molecule has 0 radical (unpaired) electrons. The monoisotopic (exact) mass is 422 g/mol. The van der Waals surface area contributed by atoms with Crippen molar-refractivity contribution < 1.29 is 14.0 Å². The Kier molecular flexibility index (Phi) is 5.50. The molecule has 4 rings (SSSR count). The summed E-state index contributed by atoms with van der Waals surface area (Å²) < 4.78 is 15.8. The van der Waals surface area contributed by atoms with Gasteiger partial charge in [-0.05, 0) is 59.2 Å². The van der Waals surface area contributed by atoms with E-state index >= 15 is 0 Å². The topological polar surface area (TPSA) is 93.0 Å². The van der Waals surface area contributed by atoms with Gasteiger partial charge in [0.05, 0.1) is 17.3 Å². The molecule has 2 heterocycles. The zero-order valence-corrected chi connectivity index (χ0v) is 17.5. The predicted molar refractivity (Wildman–Crippen MR) is 113 cm³/mol. The van der Waals surface area contributed by atoms with Crippen LogP contribution in [0.2, 0.25) is 0 Å². The van der Waals surface area contributed by atoms with Crippen LogP contribution in [0.1, 0.15) is 37.6 Å². The van der Waals surface area contributed by atoms with E-state index in [2.05, 4.69) is 34.7 Å². The zero-order valence-electron chi connectivity index (χ0n) is 17.5. The Morgan fingerprint density at radius 1 is 1.19 bits per heavy atom. The van der Waals surface area contributed by atoms with Crippen LogP contribution in [-0.2, 0) is 9.59 Å². The van der Waals surface area contributed by atoms with Gasteiger partial charge in [-0.1, -0.05) is 26.0 Å². The van der Waals surface area contributed by atoms with Crippen molar-refractivity contribution in [1.29, 1.82) is 0 Å². The molecule has 9 heteroatoms. The molecule has 1 N–H and O–H groups in total. The van der Waals surface area contributed by atoms with Gasteiger partial charge >= 0.3 is 0 Å².